The van der Waals surface area contributed by atoms with Crippen molar-refractivity contribution in [2.45, 2.75) is 44.0 Å². The van der Waals surface area contributed by atoms with Crippen LogP contribution in [0.25, 0.3) is 0 Å². The van der Waals surface area contributed by atoms with Crippen molar-refractivity contribution in [3.63, 3.8) is 0 Å². The van der Waals surface area contributed by atoms with E-state index in [9.17, 15) is 13.2 Å². The van der Waals surface area contributed by atoms with Gasteiger partial charge in [-0.05, 0) is 67.3 Å². The van der Waals surface area contributed by atoms with E-state index >= 15 is 0 Å². The molecule has 2 aliphatic rings. The zero-order valence-corrected chi connectivity index (χ0v) is 21.2. The van der Waals surface area contributed by atoms with Crippen molar-refractivity contribution in [1.29, 1.82) is 0 Å². The number of sulfonamides is 1. The van der Waals surface area contributed by atoms with E-state index in [1.54, 1.807) is 21.7 Å². The molecule has 3 heterocycles. The maximum Gasteiger partial charge on any atom is 0.243 e. The molecule has 0 bridgehead atoms. The number of carbonyl (C=O) groups is 1. The molecule has 1 fully saturated rings. The van der Waals surface area contributed by atoms with Crippen molar-refractivity contribution in [1.82, 2.24) is 9.21 Å². The molecule has 1 saturated heterocycles. The number of aryl methyl sites for hydroxylation is 2. The van der Waals surface area contributed by atoms with Crippen LogP contribution in [-0.2, 0) is 21.2 Å². The molecule has 7 heteroatoms. The molecular weight excluding hydrogens is 464 g/mol. The Kier molecular flexibility index (Phi) is 6.35. The Labute approximate surface area is 206 Å². The van der Waals surface area contributed by atoms with Crippen LogP contribution in [0.4, 0.5) is 0 Å². The molecule has 0 saturated carbocycles. The summed E-state index contributed by atoms with van der Waals surface area (Å²) in [6.45, 7) is 5.25. The highest BCUT2D eigenvalue weighted by Gasteiger charge is 2.38. The van der Waals surface area contributed by atoms with Crippen LogP contribution < -0.4 is 0 Å². The number of nitrogens with zero attached hydrogens (tertiary/aromatic N) is 2. The molecule has 2 aromatic carbocycles. The lowest BCUT2D eigenvalue weighted by atomic mass is 9.89. The summed E-state index contributed by atoms with van der Waals surface area (Å²) in [6, 6.07) is 17.8. The van der Waals surface area contributed by atoms with Gasteiger partial charge in [-0.1, -0.05) is 48.0 Å². The summed E-state index contributed by atoms with van der Waals surface area (Å²) in [5.74, 6) is -0.00812. The fourth-order valence-corrected chi connectivity index (χ4v) is 7.93. The van der Waals surface area contributed by atoms with Gasteiger partial charge in [0.2, 0.25) is 15.9 Å². The molecule has 0 N–H and O–H groups in total. The Hall–Kier alpha value is -2.48. The molecule has 5 rings (SSSR count). The fourth-order valence-electron chi connectivity index (χ4n) is 5.35. The molecule has 3 aromatic rings. The van der Waals surface area contributed by atoms with E-state index < -0.39 is 10.0 Å². The first-order valence-corrected chi connectivity index (χ1v) is 14.2. The summed E-state index contributed by atoms with van der Waals surface area (Å²) in [4.78, 5) is 17.5. The number of hydrogen-bond acceptors (Lipinski definition) is 4. The third-order valence-corrected chi connectivity index (χ3v) is 10.2. The first kappa shape index (κ1) is 23.3. The minimum Gasteiger partial charge on any atom is -0.331 e. The largest absolute Gasteiger partial charge is 0.331 e. The summed E-state index contributed by atoms with van der Waals surface area (Å²) in [5, 5.41) is 2.12. The second kappa shape index (κ2) is 9.29. The highest BCUT2D eigenvalue weighted by Crippen LogP contribution is 2.39. The average molecular weight is 495 g/mol. The third-order valence-electron chi connectivity index (χ3n) is 7.12. The average Bonchev–Trinajstić information content (AvgIpc) is 3.32. The van der Waals surface area contributed by atoms with Crippen molar-refractivity contribution < 1.29 is 13.2 Å². The number of rotatable bonds is 4. The molecule has 2 aliphatic heterocycles. The second-order valence-electron chi connectivity index (χ2n) is 9.34. The van der Waals surface area contributed by atoms with Gasteiger partial charge in [-0.25, -0.2) is 8.42 Å². The number of hydrogen-bond donors (Lipinski definition) is 0. The maximum absolute atomic E-state index is 13.7. The first-order valence-electron chi connectivity index (χ1n) is 11.9. The van der Waals surface area contributed by atoms with Gasteiger partial charge in [0, 0.05) is 30.4 Å². The summed E-state index contributed by atoms with van der Waals surface area (Å²) in [5.41, 5.74) is 4.17. The van der Waals surface area contributed by atoms with Gasteiger partial charge in [0.15, 0.2) is 0 Å². The molecule has 1 amide bonds. The SMILES string of the molecule is Cc1ccc(S(=O)(=O)N2CCC(C(=O)N3CCc4sccc4C3c3ccccc3)CC2)c(C)c1. The highest BCUT2D eigenvalue weighted by molar-refractivity contribution is 7.89. The Morgan fingerprint density at radius 2 is 1.71 bits per heavy atom. The number of benzene rings is 2. The van der Waals surface area contributed by atoms with Crippen LogP contribution in [0.2, 0.25) is 0 Å². The molecule has 34 heavy (non-hydrogen) atoms. The number of thiophene rings is 1. The maximum atomic E-state index is 13.7. The summed E-state index contributed by atoms with van der Waals surface area (Å²) < 4.78 is 28.1. The predicted molar refractivity (Wildman–Crippen MR) is 135 cm³/mol. The van der Waals surface area contributed by atoms with Crippen LogP contribution >= 0.6 is 11.3 Å². The fraction of sp³-hybridized carbons (Fsp3) is 0.370. The molecule has 178 valence electrons. The Balaban J connectivity index is 1.34. The normalized spacial score (nSPS) is 19.7. The molecule has 5 nitrogen and oxygen atoms in total. The van der Waals surface area contributed by atoms with Crippen molar-refractivity contribution in [3.8, 4) is 0 Å². The van der Waals surface area contributed by atoms with Crippen LogP contribution in [0.3, 0.4) is 0 Å². The van der Waals surface area contributed by atoms with Crippen LogP contribution in [-0.4, -0.2) is 43.2 Å². The Morgan fingerprint density at radius 3 is 2.41 bits per heavy atom. The third kappa shape index (κ3) is 4.21. The van der Waals surface area contributed by atoms with Gasteiger partial charge in [-0.2, -0.15) is 4.31 Å². The van der Waals surface area contributed by atoms with E-state index in [0.717, 1.165) is 23.1 Å². The number of fused-ring (bicyclic) bond motifs is 1. The molecule has 0 aliphatic carbocycles. The quantitative estimate of drug-likeness (QED) is 0.516. The van der Waals surface area contributed by atoms with Crippen molar-refractivity contribution >= 4 is 27.3 Å². The smallest absolute Gasteiger partial charge is 0.243 e. The summed E-state index contributed by atoms with van der Waals surface area (Å²) in [7, 11) is -3.56. The Morgan fingerprint density at radius 1 is 0.971 bits per heavy atom. The lowest BCUT2D eigenvalue weighted by Gasteiger charge is -2.40. The lowest BCUT2D eigenvalue weighted by Crippen LogP contribution is -2.47. The van der Waals surface area contributed by atoms with Crippen molar-refractivity contribution in [3.05, 3.63) is 87.1 Å². The van der Waals surface area contributed by atoms with Crippen molar-refractivity contribution in [2.24, 2.45) is 5.92 Å². The first-order chi connectivity index (χ1) is 16.4. The molecular formula is C27H30N2O3S2. The van der Waals surface area contributed by atoms with E-state index in [-0.39, 0.29) is 17.9 Å². The number of piperidine rings is 1. The molecule has 1 aromatic heterocycles. The summed E-state index contributed by atoms with van der Waals surface area (Å²) in [6.07, 6.45) is 1.98. The predicted octanol–water partition coefficient (Wildman–Crippen LogP) is 4.94. The van der Waals surface area contributed by atoms with Gasteiger partial charge in [0.25, 0.3) is 0 Å². The second-order valence-corrected chi connectivity index (χ2v) is 12.2. The number of amides is 1. The van der Waals surface area contributed by atoms with Crippen molar-refractivity contribution in [2.75, 3.05) is 19.6 Å². The van der Waals surface area contributed by atoms with Gasteiger partial charge in [-0.3, -0.25) is 4.79 Å². The monoisotopic (exact) mass is 494 g/mol. The van der Waals surface area contributed by atoms with Gasteiger partial charge >= 0.3 is 0 Å². The van der Waals surface area contributed by atoms with Gasteiger partial charge in [-0.15, -0.1) is 11.3 Å². The van der Waals surface area contributed by atoms with E-state index in [4.69, 9.17) is 0 Å². The van der Waals surface area contributed by atoms with Crippen LogP contribution in [0.5, 0.6) is 0 Å². The van der Waals surface area contributed by atoms with Crippen LogP contribution in [0, 0.1) is 19.8 Å². The minimum absolute atomic E-state index is 0.0688. The van der Waals surface area contributed by atoms with Gasteiger partial charge in [0.1, 0.15) is 0 Å². The van der Waals surface area contributed by atoms with E-state index in [2.05, 4.69) is 23.6 Å². The molecule has 1 unspecified atom stereocenters. The topological polar surface area (TPSA) is 57.7 Å². The van der Waals surface area contributed by atoms with Crippen LogP contribution in [0.15, 0.2) is 64.9 Å². The zero-order valence-electron chi connectivity index (χ0n) is 19.6. The molecule has 0 spiro atoms. The van der Waals surface area contributed by atoms with E-state index in [1.807, 2.05) is 49.1 Å². The summed E-state index contributed by atoms with van der Waals surface area (Å²) >= 11 is 1.76. The lowest BCUT2D eigenvalue weighted by molar-refractivity contribution is -0.138. The van der Waals surface area contributed by atoms with Gasteiger partial charge < -0.3 is 4.90 Å². The minimum atomic E-state index is -3.56. The molecule has 1 atom stereocenters. The van der Waals surface area contributed by atoms with Crippen LogP contribution in [0.1, 0.15) is 46.0 Å². The zero-order chi connectivity index (χ0) is 23.9. The van der Waals surface area contributed by atoms with Gasteiger partial charge in [0.05, 0.1) is 10.9 Å². The standard InChI is InChI=1S/C27H30N2O3S2/c1-19-8-9-25(20(2)18-19)34(31,32)28-14-10-22(11-15-28)27(30)29-16-12-24-23(13-17-33-24)26(29)21-6-4-3-5-7-21/h3-9,13,17-18,22,26H,10-12,14-16H2,1-2H3. The highest BCUT2D eigenvalue weighted by atomic mass is 32.2. The van der Waals surface area contributed by atoms with E-state index in [1.165, 1.54) is 10.4 Å². The number of carbonyl (C=O) groups excluding carboxylic acids is 1. The Bertz CT molecular complexity index is 1290. The molecule has 0 radical (unpaired) electrons. The van der Waals surface area contributed by atoms with E-state index in [0.29, 0.717) is 37.4 Å².